The van der Waals surface area contributed by atoms with Gasteiger partial charge in [-0.1, -0.05) is 85.0 Å². The number of aromatic nitrogens is 2. The summed E-state index contributed by atoms with van der Waals surface area (Å²) in [5.41, 5.74) is 10.1. The van der Waals surface area contributed by atoms with Crippen molar-refractivity contribution in [2.24, 2.45) is 7.05 Å². The van der Waals surface area contributed by atoms with Crippen LogP contribution in [0.1, 0.15) is 11.3 Å². The lowest BCUT2D eigenvalue weighted by Crippen LogP contribution is -1.95. The Morgan fingerprint density at radius 3 is 2.21 bits per heavy atom. The Hall–Kier alpha value is -4.82. The van der Waals surface area contributed by atoms with Crippen LogP contribution in [0.2, 0.25) is 0 Å². The molecule has 38 heavy (non-hydrogen) atoms. The van der Waals surface area contributed by atoms with Crippen molar-refractivity contribution in [2.75, 3.05) is 0 Å². The topological polar surface area (TPSA) is 9.86 Å². The van der Waals surface area contributed by atoms with Gasteiger partial charge in [0, 0.05) is 52.1 Å². The maximum absolute atomic E-state index is 2.40. The molecule has 0 saturated carbocycles. The highest BCUT2D eigenvalue weighted by atomic mass is 15.0. The second-order valence-corrected chi connectivity index (χ2v) is 10.3. The van der Waals surface area contributed by atoms with Crippen LogP contribution in [0.15, 0.2) is 121 Å². The lowest BCUT2D eigenvalue weighted by atomic mass is 10.00. The molecule has 1 aliphatic carbocycles. The maximum Gasteiger partial charge on any atom is 0.0541 e. The second-order valence-electron chi connectivity index (χ2n) is 10.3. The van der Waals surface area contributed by atoms with E-state index in [1.165, 1.54) is 71.6 Å². The standard InChI is InChI=1S/C36H26N2/c1-37-33-13-4-2-3-11-29(33)31-22-26(16-19-34(31)37)27-17-20-36-32(23-27)30-12-7-8-14-35(30)38(36)28-18-15-24-9-5-6-10-25(24)21-28/h2-12,14-23H,13H2,1H3. The zero-order chi connectivity index (χ0) is 25.2. The van der Waals surface area contributed by atoms with Gasteiger partial charge in [-0.2, -0.15) is 0 Å². The minimum absolute atomic E-state index is 0.961. The predicted molar refractivity (Wildman–Crippen MR) is 162 cm³/mol. The molecule has 2 heterocycles. The van der Waals surface area contributed by atoms with Crippen molar-refractivity contribution >= 4 is 49.6 Å². The van der Waals surface area contributed by atoms with Gasteiger partial charge in [-0.3, -0.25) is 0 Å². The van der Waals surface area contributed by atoms with Gasteiger partial charge in [-0.05, 0) is 64.4 Å². The number of hydrogen-bond acceptors (Lipinski definition) is 0. The first-order valence-corrected chi connectivity index (χ1v) is 13.2. The molecule has 0 amide bonds. The molecule has 0 aliphatic heterocycles. The Morgan fingerprint density at radius 2 is 1.32 bits per heavy atom. The molecular formula is C36H26N2. The first-order chi connectivity index (χ1) is 18.8. The van der Waals surface area contributed by atoms with Gasteiger partial charge < -0.3 is 9.13 Å². The molecule has 2 heteroatoms. The molecule has 8 rings (SSSR count). The third kappa shape index (κ3) is 3.07. The lowest BCUT2D eigenvalue weighted by molar-refractivity contribution is 0.888. The van der Waals surface area contributed by atoms with E-state index in [1.54, 1.807) is 0 Å². The first-order valence-electron chi connectivity index (χ1n) is 13.2. The van der Waals surface area contributed by atoms with Crippen molar-refractivity contribution in [3.05, 3.63) is 133 Å². The van der Waals surface area contributed by atoms with Crippen LogP contribution in [-0.4, -0.2) is 9.13 Å². The SMILES string of the molecule is Cn1c2c(c3cc(-c4ccc5c(c4)c4ccccc4n5-c4ccc5ccccc5c4)ccc31)C=CC=CC2. The molecule has 180 valence electrons. The van der Waals surface area contributed by atoms with Gasteiger partial charge in [0.2, 0.25) is 0 Å². The average Bonchev–Trinajstić information content (AvgIpc) is 3.29. The fourth-order valence-corrected chi connectivity index (χ4v) is 6.29. The Kier molecular flexibility index (Phi) is 4.53. The van der Waals surface area contributed by atoms with Gasteiger partial charge in [0.05, 0.1) is 11.0 Å². The number of para-hydroxylation sites is 1. The van der Waals surface area contributed by atoms with E-state index in [2.05, 4.69) is 144 Å². The molecule has 2 aromatic heterocycles. The van der Waals surface area contributed by atoms with Gasteiger partial charge in [-0.25, -0.2) is 0 Å². The van der Waals surface area contributed by atoms with Gasteiger partial charge in [-0.15, -0.1) is 0 Å². The largest absolute Gasteiger partial charge is 0.347 e. The molecule has 7 aromatic rings. The molecule has 1 aliphatic rings. The van der Waals surface area contributed by atoms with Crippen molar-refractivity contribution < 1.29 is 0 Å². The molecule has 0 atom stereocenters. The second kappa shape index (κ2) is 8.09. The monoisotopic (exact) mass is 486 g/mol. The van der Waals surface area contributed by atoms with Gasteiger partial charge in [0.25, 0.3) is 0 Å². The quantitative estimate of drug-likeness (QED) is 0.230. The van der Waals surface area contributed by atoms with Gasteiger partial charge in [0.1, 0.15) is 0 Å². The molecule has 0 N–H and O–H groups in total. The molecular weight excluding hydrogens is 460 g/mol. The molecule has 0 radical (unpaired) electrons. The molecule has 5 aromatic carbocycles. The smallest absolute Gasteiger partial charge is 0.0541 e. The minimum Gasteiger partial charge on any atom is -0.347 e. The Balaban J connectivity index is 1.34. The molecule has 0 saturated heterocycles. The zero-order valence-corrected chi connectivity index (χ0v) is 21.2. The lowest BCUT2D eigenvalue weighted by Gasteiger charge is -2.10. The van der Waals surface area contributed by atoms with E-state index in [1.807, 2.05) is 0 Å². The molecule has 0 bridgehead atoms. The summed E-state index contributed by atoms with van der Waals surface area (Å²) in [6, 6.07) is 37.9. The van der Waals surface area contributed by atoms with Crippen molar-refractivity contribution in [3.63, 3.8) is 0 Å². The van der Waals surface area contributed by atoms with Crippen molar-refractivity contribution in [2.45, 2.75) is 6.42 Å². The summed E-state index contributed by atoms with van der Waals surface area (Å²) in [5.74, 6) is 0. The summed E-state index contributed by atoms with van der Waals surface area (Å²) in [6.07, 6.45) is 9.76. The van der Waals surface area contributed by atoms with E-state index in [0.29, 0.717) is 0 Å². The van der Waals surface area contributed by atoms with Crippen LogP contribution in [0.3, 0.4) is 0 Å². The summed E-state index contributed by atoms with van der Waals surface area (Å²) in [6.45, 7) is 0. The number of hydrogen-bond donors (Lipinski definition) is 0. The number of rotatable bonds is 2. The number of nitrogens with zero attached hydrogens (tertiary/aromatic N) is 2. The van der Waals surface area contributed by atoms with Crippen LogP contribution < -0.4 is 0 Å². The normalized spacial score (nSPS) is 13.1. The highest BCUT2D eigenvalue weighted by Gasteiger charge is 2.16. The Bertz CT molecular complexity index is 2110. The van der Waals surface area contributed by atoms with Crippen molar-refractivity contribution in [1.82, 2.24) is 9.13 Å². The van der Waals surface area contributed by atoms with Crippen LogP contribution in [0.4, 0.5) is 0 Å². The third-order valence-corrected chi connectivity index (χ3v) is 8.18. The summed E-state index contributed by atoms with van der Waals surface area (Å²) < 4.78 is 4.74. The Labute approximate surface area is 221 Å². The highest BCUT2D eigenvalue weighted by Crippen LogP contribution is 2.37. The fraction of sp³-hybridized carbons (Fsp3) is 0.0556. The van der Waals surface area contributed by atoms with Crippen LogP contribution in [-0.2, 0) is 13.5 Å². The first kappa shape index (κ1) is 21.3. The molecule has 0 unspecified atom stereocenters. The van der Waals surface area contributed by atoms with Crippen LogP contribution in [0, 0.1) is 0 Å². The molecule has 0 fully saturated rings. The summed E-state index contributed by atoms with van der Waals surface area (Å²) in [5, 5.41) is 6.40. The zero-order valence-electron chi connectivity index (χ0n) is 21.2. The molecule has 2 nitrogen and oxygen atoms in total. The number of benzene rings is 5. The fourth-order valence-electron chi connectivity index (χ4n) is 6.29. The van der Waals surface area contributed by atoms with E-state index in [-0.39, 0.29) is 0 Å². The van der Waals surface area contributed by atoms with E-state index >= 15 is 0 Å². The summed E-state index contributed by atoms with van der Waals surface area (Å²) >= 11 is 0. The van der Waals surface area contributed by atoms with E-state index in [0.717, 1.165) is 6.42 Å². The van der Waals surface area contributed by atoms with E-state index < -0.39 is 0 Å². The maximum atomic E-state index is 2.40. The van der Waals surface area contributed by atoms with Crippen LogP contribution in [0.5, 0.6) is 0 Å². The highest BCUT2D eigenvalue weighted by molar-refractivity contribution is 6.11. The number of fused-ring (bicyclic) bond motifs is 7. The predicted octanol–water partition coefficient (Wildman–Crippen LogP) is 9.22. The average molecular weight is 487 g/mol. The van der Waals surface area contributed by atoms with E-state index in [4.69, 9.17) is 0 Å². The summed E-state index contributed by atoms with van der Waals surface area (Å²) in [7, 11) is 2.18. The van der Waals surface area contributed by atoms with Crippen LogP contribution >= 0.6 is 0 Å². The minimum atomic E-state index is 0.961. The summed E-state index contributed by atoms with van der Waals surface area (Å²) in [4.78, 5) is 0. The van der Waals surface area contributed by atoms with Gasteiger partial charge in [0.15, 0.2) is 0 Å². The van der Waals surface area contributed by atoms with Crippen molar-refractivity contribution in [3.8, 4) is 16.8 Å². The molecule has 0 spiro atoms. The van der Waals surface area contributed by atoms with Crippen molar-refractivity contribution in [1.29, 1.82) is 0 Å². The Morgan fingerprint density at radius 1 is 0.579 bits per heavy atom. The number of allylic oxidation sites excluding steroid dienone is 3. The van der Waals surface area contributed by atoms with Crippen LogP contribution in [0.25, 0.3) is 66.4 Å². The van der Waals surface area contributed by atoms with E-state index in [9.17, 15) is 0 Å². The number of aryl methyl sites for hydroxylation is 1. The third-order valence-electron chi connectivity index (χ3n) is 8.18. The van der Waals surface area contributed by atoms with Gasteiger partial charge >= 0.3 is 0 Å².